The summed E-state index contributed by atoms with van der Waals surface area (Å²) in [5, 5.41) is 2.18. The lowest BCUT2D eigenvalue weighted by Gasteiger charge is -2.20. The van der Waals surface area contributed by atoms with E-state index < -0.39 is 5.60 Å². The van der Waals surface area contributed by atoms with Crippen LogP contribution in [0.3, 0.4) is 0 Å². The summed E-state index contributed by atoms with van der Waals surface area (Å²) >= 11 is 0. The van der Waals surface area contributed by atoms with E-state index in [-0.39, 0.29) is 12.1 Å². The smallest absolute Gasteiger partial charge is 0.306 e. The second-order valence-corrected chi connectivity index (χ2v) is 6.34. The fourth-order valence-corrected chi connectivity index (χ4v) is 2.21. The molecule has 0 N–H and O–H groups in total. The maximum absolute atomic E-state index is 11.7. The van der Waals surface area contributed by atoms with Crippen molar-refractivity contribution in [2.45, 2.75) is 45.3 Å². The Kier molecular flexibility index (Phi) is 5.07. The van der Waals surface area contributed by atoms with Gasteiger partial charge in [-0.2, -0.15) is 0 Å². The summed E-state index contributed by atoms with van der Waals surface area (Å²) in [6, 6.07) is 14.0. The van der Waals surface area contributed by atoms with Gasteiger partial charge in [-0.3, -0.25) is 4.79 Å². The molecule has 0 bridgehead atoms. The molecule has 0 spiro atoms. The minimum absolute atomic E-state index is 0.220. The highest BCUT2D eigenvalue weighted by Crippen LogP contribution is 2.26. The van der Waals surface area contributed by atoms with Crippen molar-refractivity contribution in [1.82, 2.24) is 0 Å². The molecule has 0 saturated carbocycles. The van der Waals surface area contributed by atoms with Crippen LogP contribution in [0.1, 0.15) is 33.6 Å². The molecule has 3 heteroatoms. The van der Waals surface area contributed by atoms with Crippen LogP contribution >= 0.6 is 0 Å². The van der Waals surface area contributed by atoms with E-state index in [0.717, 1.165) is 16.5 Å². The van der Waals surface area contributed by atoms with Gasteiger partial charge in [0.2, 0.25) is 0 Å². The van der Waals surface area contributed by atoms with Gasteiger partial charge in [0.15, 0.2) is 0 Å². The number of hydrogen-bond donors (Lipinski definition) is 0. The number of esters is 1. The number of hydrogen-bond acceptors (Lipinski definition) is 3. The van der Waals surface area contributed by atoms with E-state index >= 15 is 0 Å². The van der Waals surface area contributed by atoms with E-state index in [1.807, 2.05) is 63.2 Å². The Morgan fingerprint density at radius 1 is 1.14 bits per heavy atom. The molecule has 3 nitrogen and oxygen atoms in total. The van der Waals surface area contributed by atoms with Crippen molar-refractivity contribution in [2.24, 2.45) is 0 Å². The van der Waals surface area contributed by atoms with E-state index in [9.17, 15) is 4.79 Å². The van der Waals surface area contributed by atoms with Crippen molar-refractivity contribution in [3.8, 4) is 5.75 Å². The Labute approximate surface area is 132 Å². The third-order valence-corrected chi connectivity index (χ3v) is 3.13. The van der Waals surface area contributed by atoms with Crippen LogP contribution in [0.5, 0.6) is 5.75 Å². The first-order valence-corrected chi connectivity index (χ1v) is 7.54. The van der Waals surface area contributed by atoms with Crippen LogP contribution in [0, 0.1) is 6.92 Å². The molecule has 2 rings (SSSR count). The van der Waals surface area contributed by atoms with Gasteiger partial charge in [0, 0.05) is 11.8 Å². The van der Waals surface area contributed by atoms with Crippen LogP contribution in [0.15, 0.2) is 42.5 Å². The predicted molar refractivity (Wildman–Crippen MR) is 88.8 cm³/mol. The van der Waals surface area contributed by atoms with Gasteiger partial charge in [-0.15, -0.1) is 0 Å². The second-order valence-electron chi connectivity index (χ2n) is 6.34. The van der Waals surface area contributed by atoms with Gasteiger partial charge in [0.05, 0.1) is 6.10 Å². The van der Waals surface area contributed by atoms with E-state index in [0.29, 0.717) is 12.8 Å². The van der Waals surface area contributed by atoms with Crippen molar-refractivity contribution >= 4 is 16.7 Å². The van der Waals surface area contributed by atoms with Gasteiger partial charge in [0.1, 0.15) is 11.4 Å². The molecule has 0 fully saturated rings. The summed E-state index contributed by atoms with van der Waals surface area (Å²) < 4.78 is 11.2. The van der Waals surface area contributed by atoms with E-state index in [2.05, 4.69) is 6.92 Å². The second kappa shape index (κ2) is 6.82. The predicted octanol–water partition coefficient (Wildman–Crippen LogP) is 4.54. The molecule has 0 aliphatic heterocycles. The molecule has 2 aromatic carbocycles. The first kappa shape index (κ1) is 16.3. The van der Waals surface area contributed by atoms with Crippen molar-refractivity contribution in [1.29, 1.82) is 0 Å². The van der Waals surface area contributed by atoms with Crippen molar-refractivity contribution < 1.29 is 14.3 Å². The average molecular weight is 299 g/mol. The molecule has 1 radical (unpaired) electrons. The number of benzene rings is 2. The lowest BCUT2D eigenvalue weighted by Crippen LogP contribution is -2.25. The Morgan fingerprint density at radius 2 is 1.82 bits per heavy atom. The maximum atomic E-state index is 11.7. The minimum atomic E-state index is -0.454. The quantitative estimate of drug-likeness (QED) is 0.760. The molecule has 0 aromatic heterocycles. The van der Waals surface area contributed by atoms with Gasteiger partial charge in [-0.1, -0.05) is 36.4 Å². The van der Waals surface area contributed by atoms with Crippen molar-refractivity contribution in [3.63, 3.8) is 0 Å². The molecule has 1 atom stereocenters. The third kappa shape index (κ3) is 4.76. The molecular weight excluding hydrogens is 276 g/mol. The maximum Gasteiger partial charge on any atom is 0.306 e. The molecule has 117 valence electrons. The Balaban J connectivity index is 1.94. The normalized spacial score (nSPS) is 12.9. The largest absolute Gasteiger partial charge is 0.490 e. The molecule has 0 amide bonds. The zero-order valence-electron chi connectivity index (χ0n) is 13.5. The molecule has 2 aromatic rings. The number of fused-ring (bicyclic) bond motifs is 1. The molecular formula is C19H23O3. The molecule has 1 unspecified atom stereocenters. The van der Waals surface area contributed by atoms with Crippen LogP contribution in [0.25, 0.3) is 10.8 Å². The Morgan fingerprint density at radius 3 is 2.55 bits per heavy atom. The van der Waals surface area contributed by atoms with Crippen molar-refractivity contribution in [2.75, 3.05) is 0 Å². The van der Waals surface area contributed by atoms with Crippen LogP contribution < -0.4 is 4.74 Å². The van der Waals surface area contributed by atoms with Crippen LogP contribution in [-0.2, 0) is 9.53 Å². The number of rotatable bonds is 5. The van der Waals surface area contributed by atoms with Gasteiger partial charge in [-0.05, 0) is 45.6 Å². The summed E-state index contributed by atoms with van der Waals surface area (Å²) in [4.78, 5) is 11.7. The highest BCUT2D eigenvalue weighted by atomic mass is 16.6. The highest BCUT2D eigenvalue weighted by molar-refractivity contribution is 5.88. The van der Waals surface area contributed by atoms with E-state index in [1.165, 1.54) is 0 Å². The summed E-state index contributed by atoms with van der Waals surface area (Å²) in [6.45, 7) is 9.56. The molecule has 22 heavy (non-hydrogen) atoms. The number of carbonyl (C=O) groups is 1. The molecule has 0 saturated heterocycles. The van der Waals surface area contributed by atoms with Gasteiger partial charge < -0.3 is 9.47 Å². The van der Waals surface area contributed by atoms with Gasteiger partial charge in [0.25, 0.3) is 0 Å². The molecule has 0 aliphatic rings. The van der Waals surface area contributed by atoms with Crippen LogP contribution in [0.4, 0.5) is 0 Å². The standard InChI is InChI=1S/C19H23O3/c1-14(12-13-18(20)22-19(2,3)4)21-17-11-7-9-15-8-5-6-10-16(15)17/h5-11,14H,1,12-13H2,2-4H3. The first-order valence-electron chi connectivity index (χ1n) is 7.54. The lowest BCUT2D eigenvalue weighted by atomic mass is 10.1. The zero-order chi connectivity index (χ0) is 16.2. The Bertz CT molecular complexity index is 635. The van der Waals surface area contributed by atoms with Crippen molar-refractivity contribution in [3.05, 3.63) is 49.4 Å². The summed E-state index contributed by atoms with van der Waals surface area (Å²) in [6.07, 6.45) is 0.534. The highest BCUT2D eigenvalue weighted by Gasteiger charge is 2.17. The first-order chi connectivity index (χ1) is 10.3. The minimum Gasteiger partial charge on any atom is -0.490 e. The topological polar surface area (TPSA) is 35.5 Å². The number of carbonyl (C=O) groups excluding carboxylic acids is 1. The van der Waals surface area contributed by atoms with Gasteiger partial charge in [-0.25, -0.2) is 0 Å². The van der Waals surface area contributed by atoms with Gasteiger partial charge >= 0.3 is 5.97 Å². The zero-order valence-corrected chi connectivity index (χ0v) is 13.5. The SMILES string of the molecule is [CH2]C(CCC(=O)OC(C)(C)C)Oc1cccc2ccccc12. The monoisotopic (exact) mass is 299 g/mol. The number of ether oxygens (including phenoxy) is 2. The van der Waals surface area contributed by atoms with Crippen LogP contribution in [0.2, 0.25) is 0 Å². The average Bonchev–Trinajstić information content (AvgIpc) is 2.44. The lowest BCUT2D eigenvalue weighted by molar-refractivity contribution is -0.155. The fraction of sp³-hybridized carbons (Fsp3) is 0.368. The molecule has 0 aliphatic carbocycles. The fourth-order valence-electron chi connectivity index (χ4n) is 2.21. The molecule has 0 heterocycles. The van der Waals surface area contributed by atoms with E-state index in [4.69, 9.17) is 9.47 Å². The summed E-state index contributed by atoms with van der Waals surface area (Å²) in [5.74, 6) is 0.574. The Hall–Kier alpha value is -2.03. The summed E-state index contributed by atoms with van der Waals surface area (Å²) in [7, 11) is 0. The third-order valence-electron chi connectivity index (χ3n) is 3.13. The van der Waals surface area contributed by atoms with Crippen LogP contribution in [-0.4, -0.2) is 17.7 Å². The summed E-state index contributed by atoms with van der Waals surface area (Å²) in [5.41, 5.74) is -0.454. The van der Waals surface area contributed by atoms with E-state index in [1.54, 1.807) is 0 Å².